The number of nitrogens with one attached hydrogen (secondary N) is 2. The van der Waals surface area contributed by atoms with Crippen molar-refractivity contribution in [2.24, 2.45) is 0 Å². The van der Waals surface area contributed by atoms with Crippen LogP contribution in [0.25, 0.3) is 10.8 Å². The van der Waals surface area contributed by atoms with E-state index in [0.717, 1.165) is 34.8 Å². The van der Waals surface area contributed by atoms with Gasteiger partial charge in [0.1, 0.15) is 18.1 Å². The zero-order valence-corrected chi connectivity index (χ0v) is 19.1. The van der Waals surface area contributed by atoms with Gasteiger partial charge in [-0.2, -0.15) is 11.8 Å². The van der Waals surface area contributed by atoms with Crippen molar-refractivity contribution in [3.8, 4) is 11.5 Å². The van der Waals surface area contributed by atoms with E-state index in [1.807, 2.05) is 36.6 Å². The summed E-state index contributed by atoms with van der Waals surface area (Å²) in [4.78, 5) is 12.1. The van der Waals surface area contributed by atoms with E-state index in [4.69, 9.17) is 9.47 Å². The highest BCUT2D eigenvalue weighted by atomic mass is 32.2. The van der Waals surface area contributed by atoms with Gasteiger partial charge in [-0.25, -0.2) is 0 Å². The fraction of sp³-hybridized carbons (Fsp3) is 0.320. The minimum atomic E-state index is -0.232. The van der Waals surface area contributed by atoms with Gasteiger partial charge >= 0.3 is 0 Å². The highest BCUT2D eigenvalue weighted by Crippen LogP contribution is 2.27. The number of hydrogen-bond acceptors (Lipinski definition) is 5. The normalized spacial score (nSPS) is 11.8. The highest BCUT2D eigenvalue weighted by Gasteiger charge is 2.17. The molecular weight excluding hydrogens is 408 g/mol. The average molecular weight is 439 g/mol. The Labute approximate surface area is 188 Å². The van der Waals surface area contributed by atoms with Crippen LogP contribution in [0.2, 0.25) is 0 Å². The van der Waals surface area contributed by atoms with Crippen molar-refractivity contribution in [3.63, 3.8) is 0 Å². The monoisotopic (exact) mass is 438 g/mol. The lowest BCUT2D eigenvalue weighted by Gasteiger charge is -2.18. The predicted molar refractivity (Wildman–Crippen MR) is 129 cm³/mol. The number of likely N-dealkylation sites (N-methyl/N-ethyl adjacent to an activating group) is 1. The first-order chi connectivity index (χ1) is 15.2. The Morgan fingerprint density at radius 1 is 1.06 bits per heavy atom. The summed E-state index contributed by atoms with van der Waals surface area (Å²) >= 11 is 1.73. The zero-order chi connectivity index (χ0) is 22.1. The van der Waals surface area contributed by atoms with Crippen LogP contribution in [-0.4, -0.2) is 38.1 Å². The molecule has 0 aliphatic rings. The number of methoxy groups -OCH3 is 1. The van der Waals surface area contributed by atoms with Gasteiger partial charge in [0, 0.05) is 25.2 Å². The molecule has 3 aromatic carbocycles. The van der Waals surface area contributed by atoms with Crippen LogP contribution >= 0.6 is 11.8 Å². The van der Waals surface area contributed by atoms with Gasteiger partial charge in [-0.3, -0.25) is 4.79 Å². The van der Waals surface area contributed by atoms with Crippen LogP contribution in [0.5, 0.6) is 11.5 Å². The molecule has 0 spiro atoms. The van der Waals surface area contributed by atoms with Crippen LogP contribution in [0.3, 0.4) is 0 Å². The van der Waals surface area contributed by atoms with E-state index in [0.29, 0.717) is 13.2 Å². The Morgan fingerprint density at radius 2 is 1.87 bits per heavy atom. The van der Waals surface area contributed by atoms with Crippen molar-refractivity contribution in [1.82, 2.24) is 10.6 Å². The largest absolute Gasteiger partial charge is 0.496 e. The summed E-state index contributed by atoms with van der Waals surface area (Å²) in [5.74, 6) is 2.41. The van der Waals surface area contributed by atoms with Gasteiger partial charge in [-0.15, -0.1) is 0 Å². The van der Waals surface area contributed by atoms with Crippen molar-refractivity contribution in [2.45, 2.75) is 25.6 Å². The fourth-order valence-corrected chi connectivity index (χ4v) is 3.98. The van der Waals surface area contributed by atoms with E-state index in [1.54, 1.807) is 25.9 Å². The summed E-state index contributed by atoms with van der Waals surface area (Å²) in [7, 11) is 3.32. The number of amides is 1. The van der Waals surface area contributed by atoms with Crippen molar-refractivity contribution < 1.29 is 14.3 Å². The summed E-state index contributed by atoms with van der Waals surface area (Å²) < 4.78 is 11.6. The van der Waals surface area contributed by atoms with Crippen LogP contribution in [0, 0.1) is 0 Å². The SMILES string of the molecule is CNC(=O)[C@H](CCSC)NCc1ccc(OCc2cccc3ccccc23)cc1OC. The first-order valence-electron chi connectivity index (χ1n) is 10.4. The van der Waals surface area contributed by atoms with Gasteiger partial charge in [-0.1, -0.05) is 48.5 Å². The third-order valence-electron chi connectivity index (χ3n) is 5.25. The second-order valence-electron chi connectivity index (χ2n) is 7.23. The number of rotatable bonds is 11. The molecule has 0 saturated carbocycles. The molecule has 0 radical (unpaired) electrons. The predicted octanol–water partition coefficient (Wildman–Crippen LogP) is 4.38. The van der Waals surface area contributed by atoms with Gasteiger partial charge in [0.15, 0.2) is 0 Å². The van der Waals surface area contributed by atoms with Crippen molar-refractivity contribution >= 4 is 28.4 Å². The summed E-state index contributed by atoms with van der Waals surface area (Å²) in [6.45, 7) is 1.02. The molecule has 0 aromatic heterocycles. The molecule has 5 nitrogen and oxygen atoms in total. The van der Waals surface area contributed by atoms with Crippen molar-refractivity contribution in [2.75, 3.05) is 26.2 Å². The number of thioether (sulfide) groups is 1. The van der Waals surface area contributed by atoms with Gasteiger partial charge in [0.2, 0.25) is 5.91 Å². The van der Waals surface area contributed by atoms with E-state index < -0.39 is 0 Å². The number of hydrogen-bond donors (Lipinski definition) is 2. The number of carbonyl (C=O) groups excluding carboxylic acids is 1. The van der Waals surface area contributed by atoms with Crippen molar-refractivity contribution in [1.29, 1.82) is 0 Å². The quantitative estimate of drug-likeness (QED) is 0.465. The molecule has 164 valence electrons. The number of fused-ring (bicyclic) bond motifs is 1. The molecule has 0 heterocycles. The molecule has 0 unspecified atom stereocenters. The Balaban J connectivity index is 1.67. The molecular formula is C25H30N2O3S. The molecule has 0 fully saturated rings. The Bertz CT molecular complexity index is 1000. The first kappa shape index (κ1) is 23.0. The van der Waals surface area contributed by atoms with Crippen LogP contribution in [0.1, 0.15) is 17.5 Å². The van der Waals surface area contributed by atoms with E-state index >= 15 is 0 Å². The van der Waals surface area contributed by atoms with Crippen LogP contribution in [0.15, 0.2) is 60.7 Å². The maximum atomic E-state index is 12.1. The van der Waals surface area contributed by atoms with Crippen LogP contribution in [-0.2, 0) is 17.9 Å². The van der Waals surface area contributed by atoms with E-state index in [-0.39, 0.29) is 11.9 Å². The molecule has 6 heteroatoms. The Kier molecular flexibility index (Phi) is 8.62. The Morgan fingerprint density at radius 3 is 2.65 bits per heavy atom. The maximum Gasteiger partial charge on any atom is 0.236 e. The van der Waals surface area contributed by atoms with Gasteiger partial charge < -0.3 is 20.1 Å². The van der Waals surface area contributed by atoms with E-state index in [9.17, 15) is 4.79 Å². The summed E-state index contributed by atoms with van der Waals surface area (Å²) in [6, 6.07) is 20.2. The molecule has 2 N–H and O–H groups in total. The minimum absolute atomic E-state index is 0.00283. The van der Waals surface area contributed by atoms with Crippen molar-refractivity contribution in [3.05, 3.63) is 71.8 Å². The number of ether oxygens (including phenoxy) is 2. The topological polar surface area (TPSA) is 59.6 Å². The first-order valence-corrected chi connectivity index (χ1v) is 11.8. The molecule has 3 aromatic rings. The molecule has 1 amide bonds. The standard InChI is InChI=1S/C25H30N2O3S/c1-26-25(28)23(13-14-31-3)27-16-19-11-12-21(15-24(19)29-2)30-17-20-9-6-8-18-7-4-5-10-22(18)20/h4-12,15,23,27H,13-14,16-17H2,1-3H3,(H,26,28)/t23-/m0/s1. The fourth-order valence-electron chi connectivity index (χ4n) is 3.51. The molecule has 0 bridgehead atoms. The Hall–Kier alpha value is -2.70. The third kappa shape index (κ3) is 6.15. The van der Waals surface area contributed by atoms with Gasteiger partial charge in [0.25, 0.3) is 0 Å². The van der Waals surface area contributed by atoms with Crippen LogP contribution in [0.4, 0.5) is 0 Å². The molecule has 0 aliphatic heterocycles. The summed E-state index contributed by atoms with van der Waals surface area (Å²) in [5.41, 5.74) is 2.13. The summed E-state index contributed by atoms with van der Waals surface area (Å²) in [6.07, 6.45) is 2.82. The lowest BCUT2D eigenvalue weighted by molar-refractivity contribution is -0.122. The molecule has 3 rings (SSSR count). The third-order valence-corrected chi connectivity index (χ3v) is 5.89. The highest BCUT2D eigenvalue weighted by molar-refractivity contribution is 7.98. The van der Waals surface area contributed by atoms with Gasteiger partial charge in [-0.05, 0) is 40.8 Å². The molecule has 0 aliphatic carbocycles. The lowest BCUT2D eigenvalue weighted by Crippen LogP contribution is -2.42. The number of carbonyl (C=O) groups is 1. The smallest absolute Gasteiger partial charge is 0.236 e. The minimum Gasteiger partial charge on any atom is -0.496 e. The molecule has 1 atom stereocenters. The van der Waals surface area contributed by atoms with Crippen LogP contribution < -0.4 is 20.1 Å². The summed E-state index contributed by atoms with van der Waals surface area (Å²) in [5, 5.41) is 8.48. The second-order valence-corrected chi connectivity index (χ2v) is 8.22. The van der Waals surface area contributed by atoms with Gasteiger partial charge in [0.05, 0.1) is 13.2 Å². The average Bonchev–Trinajstić information content (AvgIpc) is 2.82. The second kappa shape index (κ2) is 11.6. The van der Waals surface area contributed by atoms with E-state index in [2.05, 4.69) is 41.0 Å². The molecule has 31 heavy (non-hydrogen) atoms. The lowest BCUT2D eigenvalue weighted by atomic mass is 10.1. The molecule has 0 saturated heterocycles. The maximum absolute atomic E-state index is 12.1. The van der Waals surface area contributed by atoms with E-state index in [1.165, 1.54) is 10.8 Å². The zero-order valence-electron chi connectivity index (χ0n) is 18.3. The number of benzene rings is 3.